The number of rotatable bonds is 7. The van der Waals surface area contributed by atoms with Crippen molar-refractivity contribution in [3.63, 3.8) is 0 Å². The predicted octanol–water partition coefficient (Wildman–Crippen LogP) is 1.11. The minimum Gasteiger partial charge on any atom is -0.492 e. The minimum absolute atomic E-state index is 0.0336. The second-order valence-electron chi connectivity index (χ2n) is 5.26. The highest BCUT2D eigenvalue weighted by Gasteiger charge is 2.33. The van der Waals surface area contributed by atoms with Crippen LogP contribution in [0.15, 0.2) is 24.3 Å². The lowest BCUT2D eigenvalue weighted by Crippen LogP contribution is -2.44. The molecule has 1 aromatic carbocycles. The molecule has 2 unspecified atom stereocenters. The van der Waals surface area contributed by atoms with Crippen LogP contribution in [0.25, 0.3) is 0 Å². The molecule has 1 aliphatic heterocycles. The number of benzene rings is 1. The number of amides is 1. The Kier molecular flexibility index (Phi) is 6.02. The second kappa shape index (κ2) is 8.00. The molecule has 2 rings (SSSR count). The number of hydrogen-bond donors (Lipinski definition) is 2. The standard InChI is InChI=1S/C16H24N2O3/c1-3-17-15-11-20-10-14(15)16(19)18-7-8-21-13-6-4-5-12(2)9-13/h4-6,9,14-15,17H,3,7-8,10-11H2,1-2H3,(H,18,19). The van der Waals surface area contributed by atoms with E-state index in [1.165, 1.54) is 0 Å². The van der Waals surface area contributed by atoms with Gasteiger partial charge in [-0.1, -0.05) is 19.1 Å². The molecule has 0 spiro atoms. The van der Waals surface area contributed by atoms with Gasteiger partial charge < -0.3 is 20.1 Å². The van der Waals surface area contributed by atoms with Gasteiger partial charge in [-0.2, -0.15) is 0 Å². The second-order valence-corrected chi connectivity index (χ2v) is 5.26. The van der Waals surface area contributed by atoms with Gasteiger partial charge in [0.05, 0.1) is 25.7 Å². The Hall–Kier alpha value is -1.59. The van der Waals surface area contributed by atoms with E-state index in [-0.39, 0.29) is 17.9 Å². The molecular formula is C16H24N2O3. The van der Waals surface area contributed by atoms with Gasteiger partial charge >= 0.3 is 0 Å². The minimum atomic E-state index is -0.107. The van der Waals surface area contributed by atoms with Crippen LogP contribution in [0.2, 0.25) is 0 Å². The van der Waals surface area contributed by atoms with Crippen molar-refractivity contribution in [1.82, 2.24) is 10.6 Å². The van der Waals surface area contributed by atoms with Crippen molar-refractivity contribution in [2.24, 2.45) is 5.92 Å². The molecule has 0 bridgehead atoms. The molecule has 2 atom stereocenters. The van der Waals surface area contributed by atoms with Gasteiger partial charge in [-0.25, -0.2) is 0 Å². The van der Waals surface area contributed by atoms with Crippen molar-refractivity contribution in [2.45, 2.75) is 19.9 Å². The molecule has 21 heavy (non-hydrogen) atoms. The van der Waals surface area contributed by atoms with Crippen molar-refractivity contribution >= 4 is 5.91 Å². The third-order valence-electron chi connectivity index (χ3n) is 3.54. The quantitative estimate of drug-likeness (QED) is 0.739. The Balaban J connectivity index is 1.69. The average molecular weight is 292 g/mol. The number of hydrogen-bond acceptors (Lipinski definition) is 4. The predicted molar refractivity (Wildman–Crippen MR) is 81.5 cm³/mol. The Labute approximate surface area is 126 Å². The fourth-order valence-corrected chi connectivity index (χ4v) is 2.46. The van der Waals surface area contributed by atoms with Crippen LogP contribution in [0.1, 0.15) is 12.5 Å². The van der Waals surface area contributed by atoms with Gasteiger partial charge in [0.15, 0.2) is 0 Å². The Morgan fingerprint density at radius 3 is 3.05 bits per heavy atom. The van der Waals surface area contributed by atoms with Crippen LogP contribution in [-0.2, 0) is 9.53 Å². The summed E-state index contributed by atoms with van der Waals surface area (Å²) in [5.74, 6) is 0.759. The van der Waals surface area contributed by atoms with Crippen LogP contribution < -0.4 is 15.4 Å². The van der Waals surface area contributed by atoms with E-state index in [2.05, 4.69) is 10.6 Å². The molecule has 1 aromatic rings. The zero-order chi connectivity index (χ0) is 15.1. The molecule has 0 aliphatic carbocycles. The summed E-state index contributed by atoms with van der Waals surface area (Å²) in [6.07, 6.45) is 0. The van der Waals surface area contributed by atoms with E-state index in [4.69, 9.17) is 9.47 Å². The molecule has 5 nitrogen and oxygen atoms in total. The SMILES string of the molecule is CCNC1COCC1C(=O)NCCOc1cccc(C)c1. The largest absolute Gasteiger partial charge is 0.492 e. The molecule has 5 heteroatoms. The Bertz CT molecular complexity index is 465. The highest BCUT2D eigenvalue weighted by Crippen LogP contribution is 2.14. The zero-order valence-electron chi connectivity index (χ0n) is 12.7. The normalized spacial score (nSPS) is 21.2. The molecule has 0 radical (unpaired) electrons. The molecular weight excluding hydrogens is 268 g/mol. The number of carbonyl (C=O) groups is 1. The van der Waals surface area contributed by atoms with Gasteiger partial charge in [0, 0.05) is 6.04 Å². The molecule has 0 saturated carbocycles. The fourth-order valence-electron chi connectivity index (χ4n) is 2.46. The van der Waals surface area contributed by atoms with E-state index in [0.29, 0.717) is 26.4 Å². The average Bonchev–Trinajstić information content (AvgIpc) is 2.92. The highest BCUT2D eigenvalue weighted by molar-refractivity contribution is 5.79. The maximum absolute atomic E-state index is 12.1. The fraction of sp³-hybridized carbons (Fsp3) is 0.562. The molecule has 1 heterocycles. The Morgan fingerprint density at radius 1 is 1.43 bits per heavy atom. The van der Waals surface area contributed by atoms with E-state index in [9.17, 15) is 4.79 Å². The number of carbonyl (C=O) groups excluding carboxylic acids is 1. The topological polar surface area (TPSA) is 59.6 Å². The van der Waals surface area contributed by atoms with Gasteiger partial charge in [-0.15, -0.1) is 0 Å². The Morgan fingerprint density at radius 2 is 2.29 bits per heavy atom. The molecule has 1 fully saturated rings. The summed E-state index contributed by atoms with van der Waals surface area (Å²) < 4.78 is 11.0. The molecule has 1 saturated heterocycles. The molecule has 1 aliphatic rings. The highest BCUT2D eigenvalue weighted by atomic mass is 16.5. The van der Waals surface area contributed by atoms with Crippen LogP contribution in [-0.4, -0.2) is 44.9 Å². The maximum Gasteiger partial charge on any atom is 0.227 e. The summed E-state index contributed by atoms with van der Waals surface area (Å²) in [6, 6.07) is 8.00. The van der Waals surface area contributed by atoms with Crippen molar-refractivity contribution in [3.05, 3.63) is 29.8 Å². The first kappa shape index (κ1) is 15.8. The third-order valence-corrected chi connectivity index (χ3v) is 3.54. The van der Waals surface area contributed by atoms with E-state index in [0.717, 1.165) is 17.9 Å². The summed E-state index contributed by atoms with van der Waals surface area (Å²) in [7, 11) is 0. The summed E-state index contributed by atoms with van der Waals surface area (Å²) in [4.78, 5) is 12.1. The van der Waals surface area contributed by atoms with Crippen molar-refractivity contribution < 1.29 is 14.3 Å². The lowest BCUT2D eigenvalue weighted by molar-refractivity contribution is -0.125. The smallest absolute Gasteiger partial charge is 0.227 e. The first-order valence-electron chi connectivity index (χ1n) is 7.49. The molecule has 1 amide bonds. The first-order chi connectivity index (χ1) is 10.2. The van der Waals surface area contributed by atoms with Crippen LogP contribution in [0, 0.1) is 12.8 Å². The van der Waals surface area contributed by atoms with Gasteiger partial charge in [-0.3, -0.25) is 4.79 Å². The van der Waals surface area contributed by atoms with E-state index < -0.39 is 0 Å². The molecule has 116 valence electrons. The van der Waals surface area contributed by atoms with Gasteiger partial charge in [0.1, 0.15) is 12.4 Å². The van der Waals surface area contributed by atoms with Gasteiger partial charge in [-0.05, 0) is 31.2 Å². The summed E-state index contributed by atoms with van der Waals surface area (Å²) in [6.45, 7) is 6.96. The van der Waals surface area contributed by atoms with Crippen LogP contribution in [0.3, 0.4) is 0 Å². The maximum atomic E-state index is 12.1. The third kappa shape index (κ3) is 4.72. The summed E-state index contributed by atoms with van der Waals surface area (Å²) >= 11 is 0. The lowest BCUT2D eigenvalue weighted by Gasteiger charge is -2.17. The van der Waals surface area contributed by atoms with E-state index >= 15 is 0 Å². The number of ether oxygens (including phenoxy) is 2. The number of aryl methyl sites for hydroxylation is 1. The van der Waals surface area contributed by atoms with Crippen molar-refractivity contribution in [3.8, 4) is 5.75 Å². The van der Waals surface area contributed by atoms with Crippen LogP contribution >= 0.6 is 0 Å². The van der Waals surface area contributed by atoms with Gasteiger partial charge in [0.25, 0.3) is 0 Å². The lowest BCUT2D eigenvalue weighted by atomic mass is 10.0. The first-order valence-corrected chi connectivity index (χ1v) is 7.49. The number of nitrogens with one attached hydrogen (secondary N) is 2. The number of likely N-dealkylation sites (N-methyl/N-ethyl adjacent to an activating group) is 1. The monoisotopic (exact) mass is 292 g/mol. The van der Waals surface area contributed by atoms with Crippen LogP contribution in [0.4, 0.5) is 0 Å². The summed E-state index contributed by atoms with van der Waals surface area (Å²) in [5, 5.41) is 6.19. The van der Waals surface area contributed by atoms with E-state index in [1.54, 1.807) is 0 Å². The molecule has 2 N–H and O–H groups in total. The van der Waals surface area contributed by atoms with Crippen LogP contribution in [0.5, 0.6) is 5.75 Å². The molecule has 0 aromatic heterocycles. The van der Waals surface area contributed by atoms with E-state index in [1.807, 2.05) is 38.1 Å². The van der Waals surface area contributed by atoms with Crippen molar-refractivity contribution in [2.75, 3.05) is 32.9 Å². The summed E-state index contributed by atoms with van der Waals surface area (Å²) in [5.41, 5.74) is 1.16. The van der Waals surface area contributed by atoms with Gasteiger partial charge in [0.2, 0.25) is 5.91 Å². The van der Waals surface area contributed by atoms with Crippen molar-refractivity contribution in [1.29, 1.82) is 0 Å². The zero-order valence-corrected chi connectivity index (χ0v) is 12.7.